The van der Waals surface area contributed by atoms with Crippen molar-refractivity contribution < 1.29 is 22.7 Å². The molecule has 1 atom stereocenters. The highest BCUT2D eigenvalue weighted by atomic mass is 35.5. The quantitative estimate of drug-likeness (QED) is 0.322. The van der Waals surface area contributed by atoms with Crippen LogP contribution in [0.2, 0.25) is 5.15 Å². The highest BCUT2D eigenvalue weighted by Crippen LogP contribution is 2.18. The number of hydrogen-bond acceptors (Lipinski definition) is 8. The third-order valence-electron chi connectivity index (χ3n) is 4.36. The summed E-state index contributed by atoms with van der Waals surface area (Å²) in [6.07, 6.45) is -0.797. The van der Waals surface area contributed by atoms with Crippen LogP contribution in [0.5, 0.6) is 0 Å². The summed E-state index contributed by atoms with van der Waals surface area (Å²) in [5.74, 6) is -1.20. The summed E-state index contributed by atoms with van der Waals surface area (Å²) in [5, 5.41) is 9.95. The van der Waals surface area contributed by atoms with E-state index in [0.29, 0.717) is 11.4 Å². The first-order chi connectivity index (χ1) is 15.7. The predicted molar refractivity (Wildman–Crippen MR) is 123 cm³/mol. The Morgan fingerprint density at radius 1 is 1.03 bits per heavy atom. The van der Waals surface area contributed by atoms with Gasteiger partial charge < -0.3 is 15.8 Å². The molecule has 1 heterocycles. The molecule has 33 heavy (non-hydrogen) atoms. The second kappa shape index (κ2) is 10.3. The van der Waals surface area contributed by atoms with E-state index in [1.54, 1.807) is 19.1 Å². The molecule has 0 aliphatic rings. The highest BCUT2D eigenvalue weighted by Gasteiger charge is 2.22. The third-order valence-corrected chi connectivity index (χ3v) is 5.93. The predicted octanol–water partition coefficient (Wildman–Crippen LogP) is 3.09. The summed E-state index contributed by atoms with van der Waals surface area (Å²) in [6, 6.07) is 14.3. The standard InChI is InChI=1S/C21H20ClN5O5S/c1-2-17(32-21(29)13-3-5-14(23)6-4-13)20(28)24-15-7-9-16(10-8-15)33(30,31)27-19-12-11-18(22)25-26-19/h3-12,17H,2,23H2,1H3,(H,24,28)(H,26,27). The molecule has 0 radical (unpaired) electrons. The Bertz CT molecular complexity index is 1230. The van der Waals surface area contributed by atoms with E-state index >= 15 is 0 Å². The molecule has 3 aromatic rings. The number of carbonyl (C=O) groups excluding carboxylic acids is 2. The first kappa shape index (κ1) is 24.0. The molecule has 10 nitrogen and oxygen atoms in total. The summed E-state index contributed by atoms with van der Waals surface area (Å²) in [7, 11) is -3.93. The van der Waals surface area contributed by atoms with Gasteiger partial charge in [-0.3, -0.25) is 9.52 Å². The zero-order chi connectivity index (χ0) is 24.0. The molecule has 12 heteroatoms. The van der Waals surface area contributed by atoms with Gasteiger partial charge in [-0.15, -0.1) is 10.2 Å². The van der Waals surface area contributed by atoms with Gasteiger partial charge in [-0.05, 0) is 67.1 Å². The maximum absolute atomic E-state index is 12.6. The van der Waals surface area contributed by atoms with Crippen LogP contribution < -0.4 is 15.8 Å². The van der Waals surface area contributed by atoms with Gasteiger partial charge in [0.05, 0.1) is 10.5 Å². The molecular formula is C21H20ClN5O5S. The fourth-order valence-electron chi connectivity index (χ4n) is 2.65. The van der Waals surface area contributed by atoms with Crippen molar-refractivity contribution in [3.63, 3.8) is 0 Å². The Hall–Kier alpha value is -3.70. The number of esters is 1. The molecule has 1 aromatic heterocycles. The number of nitrogens with two attached hydrogens (primary N) is 1. The van der Waals surface area contributed by atoms with Crippen LogP contribution in [-0.4, -0.2) is 36.6 Å². The highest BCUT2D eigenvalue weighted by molar-refractivity contribution is 7.92. The van der Waals surface area contributed by atoms with E-state index in [-0.39, 0.29) is 27.9 Å². The second-order valence-electron chi connectivity index (χ2n) is 6.78. The molecule has 0 spiro atoms. The molecule has 0 saturated heterocycles. The van der Waals surface area contributed by atoms with Crippen LogP contribution in [0.15, 0.2) is 65.6 Å². The number of rotatable bonds is 8. The van der Waals surface area contributed by atoms with Gasteiger partial charge in [0.2, 0.25) is 0 Å². The van der Waals surface area contributed by atoms with Gasteiger partial charge in [0.15, 0.2) is 17.1 Å². The maximum Gasteiger partial charge on any atom is 0.338 e. The summed E-state index contributed by atoms with van der Waals surface area (Å²) in [6.45, 7) is 1.70. The van der Waals surface area contributed by atoms with Crippen LogP contribution in [0.4, 0.5) is 17.2 Å². The SMILES string of the molecule is CCC(OC(=O)c1ccc(N)cc1)C(=O)Nc1ccc(S(=O)(=O)Nc2ccc(Cl)nn2)cc1. The average molecular weight is 490 g/mol. The Morgan fingerprint density at radius 3 is 2.27 bits per heavy atom. The number of aromatic nitrogens is 2. The minimum absolute atomic E-state index is 0.00508. The lowest BCUT2D eigenvalue weighted by Crippen LogP contribution is -2.32. The number of anilines is 3. The van der Waals surface area contributed by atoms with Gasteiger partial charge in [0, 0.05) is 11.4 Å². The van der Waals surface area contributed by atoms with Crippen molar-refractivity contribution in [2.45, 2.75) is 24.3 Å². The number of sulfonamides is 1. The smallest absolute Gasteiger partial charge is 0.338 e. The Balaban J connectivity index is 1.63. The number of hydrogen-bond donors (Lipinski definition) is 3. The fraction of sp³-hybridized carbons (Fsp3) is 0.143. The first-order valence-electron chi connectivity index (χ1n) is 9.67. The molecule has 0 bridgehead atoms. The number of nitrogens with zero attached hydrogens (tertiary/aromatic N) is 2. The van der Waals surface area contributed by atoms with Crippen LogP contribution in [0.3, 0.4) is 0 Å². The zero-order valence-electron chi connectivity index (χ0n) is 17.4. The molecule has 172 valence electrons. The lowest BCUT2D eigenvalue weighted by atomic mass is 10.2. The van der Waals surface area contributed by atoms with Gasteiger partial charge in [0.25, 0.3) is 15.9 Å². The number of benzene rings is 2. The summed E-state index contributed by atoms with van der Waals surface area (Å²) < 4.78 is 32.5. The number of nitrogens with one attached hydrogen (secondary N) is 2. The van der Waals surface area contributed by atoms with Crippen molar-refractivity contribution in [1.29, 1.82) is 0 Å². The second-order valence-corrected chi connectivity index (χ2v) is 8.85. The van der Waals surface area contributed by atoms with Gasteiger partial charge in [0.1, 0.15) is 0 Å². The van der Waals surface area contributed by atoms with E-state index in [2.05, 4.69) is 20.2 Å². The van der Waals surface area contributed by atoms with E-state index in [9.17, 15) is 18.0 Å². The van der Waals surface area contributed by atoms with E-state index in [4.69, 9.17) is 22.1 Å². The molecule has 2 aromatic carbocycles. The maximum atomic E-state index is 12.6. The number of ether oxygens (including phenoxy) is 1. The molecule has 0 saturated carbocycles. The largest absolute Gasteiger partial charge is 0.449 e. The Morgan fingerprint density at radius 2 is 1.70 bits per heavy atom. The van der Waals surface area contributed by atoms with Crippen molar-refractivity contribution in [2.24, 2.45) is 0 Å². The average Bonchev–Trinajstić information content (AvgIpc) is 2.79. The van der Waals surface area contributed by atoms with E-state index in [0.717, 1.165) is 0 Å². The van der Waals surface area contributed by atoms with Crippen molar-refractivity contribution in [3.8, 4) is 0 Å². The van der Waals surface area contributed by atoms with Crippen molar-refractivity contribution in [1.82, 2.24) is 10.2 Å². The molecule has 0 aliphatic heterocycles. The summed E-state index contributed by atoms with van der Waals surface area (Å²) in [5.41, 5.74) is 6.69. The molecule has 1 unspecified atom stereocenters. The Kier molecular flexibility index (Phi) is 7.46. The molecule has 4 N–H and O–H groups in total. The minimum atomic E-state index is -3.93. The molecular weight excluding hydrogens is 470 g/mol. The van der Waals surface area contributed by atoms with E-state index < -0.39 is 28.0 Å². The topological polar surface area (TPSA) is 153 Å². The number of amides is 1. The lowest BCUT2D eigenvalue weighted by molar-refractivity contribution is -0.124. The zero-order valence-corrected chi connectivity index (χ0v) is 18.9. The first-order valence-corrected chi connectivity index (χ1v) is 11.5. The van der Waals surface area contributed by atoms with Crippen LogP contribution in [-0.2, 0) is 19.6 Å². The molecule has 3 rings (SSSR count). The fourth-order valence-corrected chi connectivity index (χ4v) is 3.74. The number of nitrogen functional groups attached to an aromatic ring is 1. The van der Waals surface area contributed by atoms with Gasteiger partial charge in [-0.25, -0.2) is 13.2 Å². The van der Waals surface area contributed by atoms with E-state index in [1.165, 1.54) is 48.5 Å². The van der Waals surface area contributed by atoms with E-state index in [1.807, 2.05) is 0 Å². The number of carbonyl (C=O) groups is 2. The van der Waals surface area contributed by atoms with Crippen LogP contribution in [0.25, 0.3) is 0 Å². The lowest BCUT2D eigenvalue weighted by Gasteiger charge is -2.16. The summed E-state index contributed by atoms with van der Waals surface area (Å²) in [4.78, 5) is 24.8. The van der Waals surface area contributed by atoms with Crippen LogP contribution in [0.1, 0.15) is 23.7 Å². The molecule has 0 fully saturated rings. The third kappa shape index (κ3) is 6.40. The summed E-state index contributed by atoms with van der Waals surface area (Å²) >= 11 is 5.64. The van der Waals surface area contributed by atoms with Gasteiger partial charge >= 0.3 is 5.97 Å². The van der Waals surface area contributed by atoms with Gasteiger partial charge in [-0.1, -0.05) is 18.5 Å². The van der Waals surface area contributed by atoms with Gasteiger partial charge in [-0.2, -0.15) is 0 Å². The van der Waals surface area contributed by atoms with Crippen molar-refractivity contribution in [2.75, 3.05) is 15.8 Å². The molecule has 0 aliphatic carbocycles. The van der Waals surface area contributed by atoms with Crippen LogP contribution >= 0.6 is 11.6 Å². The minimum Gasteiger partial charge on any atom is -0.449 e. The van der Waals surface area contributed by atoms with Crippen molar-refractivity contribution in [3.05, 3.63) is 71.4 Å². The number of halogens is 1. The Labute approximate surface area is 195 Å². The monoisotopic (exact) mass is 489 g/mol. The normalized spacial score (nSPS) is 11.9. The molecule has 1 amide bonds. The van der Waals surface area contributed by atoms with Crippen LogP contribution in [0, 0.1) is 0 Å². The van der Waals surface area contributed by atoms with Crippen molar-refractivity contribution >= 4 is 50.7 Å².